The topological polar surface area (TPSA) is 26.3 Å². The molecule has 0 amide bonds. The first-order chi connectivity index (χ1) is 10.6. The zero-order chi connectivity index (χ0) is 15.0. The second-order valence-corrected chi connectivity index (χ2v) is 9.09. The molecular weight excluding hydrogens is 272 g/mol. The number of carbonyl (C=O) groups excluding carboxylic acids is 1. The van der Waals surface area contributed by atoms with Gasteiger partial charge in [-0.25, -0.2) is 4.79 Å². The number of esters is 1. The highest BCUT2D eigenvalue weighted by atomic mass is 16.5. The van der Waals surface area contributed by atoms with Crippen LogP contribution >= 0.6 is 0 Å². The maximum absolute atomic E-state index is 11.7. The summed E-state index contributed by atoms with van der Waals surface area (Å²) in [7, 11) is 0. The van der Waals surface area contributed by atoms with Gasteiger partial charge in [-0.1, -0.05) is 6.58 Å². The van der Waals surface area contributed by atoms with Gasteiger partial charge in [-0.3, -0.25) is 0 Å². The summed E-state index contributed by atoms with van der Waals surface area (Å²) in [6, 6.07) is 0. The number of hydrogen-bond donors (Lipinski definition) is 0. The maximum Gasteiger partial charge on any atom is 0.333 e. The molecule has 0 radical (unpaired) electrons. The third-order valence-corrected chi connectivity index (χ3v) is 8.30. The Balaban J connectivity index is 1.31. The Bertz CT molecular complexity index is 524. The second-order valence-electron chi connectivity index (χ2n) is 9.09. The third kappa shape index (κ3) is 1.70. The fourth-order valence-corrected chi connectivity index (χ4v) is 7.79. The Labute approximate surface area is 133 Å². The van der Waals surface area contributed by atoms with Crippen LogP contribution in [0.25, 0.3) is 0 Å². The molecule has 2 heteroatoms. The van der Waals surface area contributed by atoms with Crippen molar-refractivity contribution in [1.82, 2.24) is 0 Å². The summed E-state index contributed by atoms with van der Waals surface area (Å²) < 4.78 is 5.52. The molecule has 4 bridgehead atoms. The van der Waals surface area contributed by atoms with Gasteiger partial charge in [0.1, 0.15) is 0 Å². The van der Waals surface area contributed by atoms with Crippen LogP contribution in [0.5, 0.6) is 0 Å². The van der Waals surface area contributed by atoms with Crippen LogP contribution in [0.3, 0.4) is 0 Å². The molecule has 0 aromatic rings. The summed E-state index contributed by atoms with van der Waals surface area (Å²) in [5, 5.41) is 0. The predicted molar refractivity (Wildman–Crippen MR) is 84.9 cm³/mol. The Hall–Kier alpha value is -0.790. The summed E-state index contributed by atoms with van der Waals surface area (Å²) in [6.45, 7) is 6.10. The van der Waals surface area contributed by atoms with Gasteiger partial charge in [-0.15, -0.1) is 0 Å². The van der Waals surface area contributed by atoms with Gasteiger partial charge in [0, 0.05) is 5.57 Å². The number of carbonyl (C=O) groups is 1. The van der Waals surface area contributed by atoms with E-state index in [0.717, 1.165) is 47.3 Å². The Kier molecular flexibility index (Phi) is 2.86. The number of hydrogen-bond acceptors (Lipinski definition) is 2. The molecule has 2 nitrogen and oxygen atoms in total. The van der Waals surface area contributed by atoms with E-state index in [2.05, 4.69) is 6.58 Å². The van der Waals surface area contributed by atoms with Gasteiger partial charge < -0.3 is 4.74 Å². The summed E-state index contributed by atoms with van der Waals surface area (Å²) in [6.07, 6.45) is 8.90. The van der Waals surface area contributed by atoms with Crippen LogP contribution in [0.1, 0.15) is 45.4 Å². The van der Waals surface area contributed by atoms with Crippen LogP contribution in [0.2, 0.25) is 0 Å². The molecule has 0 spiro atoms. The first-order valence-corrected chi connectivity index (χ1v) is 9.46. The predicted octanol–water partition coefficient (Wildman–Crippen LogP) is 4.06. The quantitative estimate of drug-likeness (QED) is 0.580. The summed E-state index contributed by atoms with van der Waals surface area (Å²) in [5.41, 5.74) is 0.537. The average Bonchev–Trinajstić information content (AvgIpc) is 3.23. The zero-order valence-corrected chi connectivity index (χ0v) is 13.7. The van der Waals surface area contributed by atoms with Crippen molar-refractivity contribution in [3.8, 4) is 0 Å². The minimum absolute atomic E-state index is 0.191. The van der Waals surface area contributed by atoms with E-state index in [-0.39, 0.29) is 5.97 Å². The highest BCUT2D eigenvalue weighted by molar-refractivity contribution is 5.86. The smallest absolute Gasteiger partial charge is 0.333 e. The molecular formula is C20H28O2. The van der Waals surface area contributed by atoms with Crippen LogP contribution in [-0.2, 0) is 9.53 Å². The van der Waals surface area contributed by atoms with Crippen LogP contribution in [0.4, 0.5) is 0 Å². The van der Waals surface area contributed by atoms with E-state index in [0.29, 0.717) is 18.1 Å². The van der Waals surface area contributed by atoms with Crippen LogP contribution < -0.4 is 0 Å². The Morgan fingerprint density at radius 3 is 2.55 bits per heavy atom. The van der Waals surface area contributed by atoms with Gasteiger partial charge >= 0.3 is 5.97 Å². The van der Waals surface area contributed by atoms with E-state index in [1.54, 1.807) is 19.8 Å². The molecule has 0 aromatic carbocycles. The summed E-state index contributed by atoms with van der Waals surface area (Å²) in [4.78, 5) is 11.7. The third-order valence-electron chi connectivity index (χ3n) is 8.30. The second kappa shape index (κ2) is 4.61. The van der Waals surface area contributed by atoms with Crippen molar-refractivity contribution in [2.75, 3.05) is 6.61 Å². The van der Waals surface area contributed by atoms with Gasteiger partial charge in [-0.05, 0) is 98.7 Å². The lowest BCUT2D eigenvalue weighted by molar-refractivity contribution is -0.141. The molecule has 0 N–H and O–H groups in total. The van der Waals surface area contributed by atoms with E-state index in [9.17, 15) is 4.79 Å². The SMILES string of the molecule is C=C(C)C(=O)OCC1CC2CC1C1C2CC2C3CCC(C3)C21. The number of fused-ring (bicyclic) bond motifs is 11. The minimum Gasteiger partial charge on any atom is -0.462 e. The van der Waals surface area contributed by atoms with Gasteiger partial charge in [0.2, 0.25) is 0 Å². The van der Waals surface area contributed by atoms with Gasteiger partial charge in [-0.2, -0.15) is 0 Å². The van der Waals surface area contributed by atoms with Gasteiger partial charge in [0.05, 0.1) is 6.61 Å². The number of ether oxygens (including phenoxy) is 1. The number of rotatable bonds is 3. The van der Waals surface area contributed by atoms with Crippen LogP contribution in [0, 0.1) is 53.3 Å². The minimum atomic E-state index is -0.191. The molecule has 22 heavy (non-hydrogen) atoms. The van der Waals surface area contributed by atoms with Crippen molar-refractivity contribution in [1.29, 1.82) is 0 Å². The van der Waals surface area contributed by atoms with Crippen LogP contribution in [-0.4, -0.2) is 12.6 Å². The van der Waals surface area contributed by atoms with Gasteiger partial charge in [0.25, 0.3) is 0 Å². The molecule has 9 unspecified atom stereocenters. The molecule has 5 aliphatic rings. The van der Waals surface area contributed by atoms with E-state index < -0.39 is 0 Å². The van der Waals surface area contributed by atoms with Crippen molar-refractivity contribution < 1.29 is 9.53 Å². The average molecular weight is 300 g/mol. The van der Waals surface area contributed by atoms with Crippen LogP contribution in [0.15, 0.2) is 12.2 Å². The monoisotopic (exact) mass is 300 g/mol. The molecule has 5 saturated carbocycles. The fourth-order valence-electron chi connectivity index (χ4n) is 7.79. The van der Waals surface area contributed by atoms with Crippen molar-refractivity contribution in [3.05, 3.63) is 12.2 Å². The highest BCUT2D eigenvalue weighted by Crippen LogP contribution is 2.71. The molecule has 120 valence electrons. The Morgan fingerprint density at radius 2 is 1.73 bits per heavy atom. The maximum atomic E-state index is 11.7. The molecule has 9 atom stereocenters. The van der Waals surface area contributed by atoms with E-state index in [1.807, 2.05) is 0 Å². The first-order valence-electron chi connectivity index (χ1n) is 9.46. The van der Waals surface area contributed by atoms with E-state index in [4.69, 9.17) is 4.74 Å². The lowest BCUT2D eigenvalue weighted by atomic mass is 9.69. The molecule has 5 aliphatic carbocycles. The summed E-state index contributed by atoms with van der Waals surface area (Å²) >= 11 is 0. The lowest BCUT2D eigenvalue weighted by Crippen LogP contribution is -2.33. The molecule has 0 aromatic heterocycles. The van der Waals surface area contributed by atoms with E-state index >= 15 is 0 Å². The zero-order valence-electron chi connectivity index (χ0n) is 13.7. The lowest BCUT2D eigenvalue weighted by Gasteiger charge is -2.37. The summed E-state index contributed by atoms with van der Waals surface area (Å²) in [5.74, 6) is 8.58. The largest absolute Gasteiger partial charge is 0.462 e. The fraction of sp³-hybridized carbons (Fsp3) is 0.850. The normalized spacial score (nSPS) is 53.6. The Morgan fingerprint density at radius 1 is 0.955 bits per heavy atom. The molecule has 5 rings (SSSR count). The van der Waals surface area contributed by atoms with Gasteiger partial charge in [0.15, 0.2) is 0 Å². The van der Waals surface area contributed by atoms with Crippen molar-refractivity contribution in [3.63, 3.8) is 0 Å². The van der Waals surface area contributed by atoms with E-state index in [1.165, 1.54) is 25.7 Å². The van der Waals surface area contributed by atoms with Crippen molar-refractivity contribution in [2.45, 2.75) is 45.4 Å². The first kappa shape index (κ1) is 13.6. The van der Waals surface area contributed by atoms with Crippen molar-refractivity contribution in [2.24, 2.45) is 53.3 Å². The highest BCUT2D eigenvalue weighted by Gasteiger charge is 2.65. The molecule has 5 fully saturated rings. The molecule has 0 saturated heterocycles. The molecule has 0 heterocycles. The molecule has 0 aliphatic heterocycles. The standard InChI is InChI=1S/C20H28O2/c1-10(2)20(21)22-9-14-6-13-7-15(14)19-17(13)8-16-11-3-4-12(5-11)18(16)19/h11-19H,1,3-9H2,2H3. The van der Waals surface area contributed by atoms with Crippen molar-refractivity contribution >= 4 is 5.97 Å².